The molecule has 0 radical (unpaired) electrons. The Morgan fingerprint density at radius 3 is 2.47 bits per heavy atom. The fraction of sp³-hybridized carbons (Fsp3) is 0.348. The number of hydrogen-bond donors (Lipinski definition) is 0. The molecule has 30 heavy (non-hydrogen) atoms. The smallest absolute Gasteiger partial charge is 0.254 e. The van der Waals surface area contributed by atoms with Gasteiger partial charge in [0.2, 0.25) is 0 Å². The first-order valence-corrected chi connectivity index (χ1v) is 9.84. The van der Waals surface area contributed by atoms with Crippen molar-refractivity contribution < 1.29 is 23.0 Å². The van der Waals surface area contributed by atoms with Crippen LogP contribution in [0.4, 0.5) is 8.78 Å². The third-order valence-electron chi connectivity index (χ3n) is 5.07. The van der Waals surface area contributed by atoms with Crippen LogP contribution in [0.3, 0.4) is 0 Å². The standard InChI is InChI=1S/C23H26F2N2O3/c1-3-11-30-22(17-5-4-6-21(14-17)29-2)16-26-7-9-27(10-8-26)23(28)18-12-19(24)15-20(25)13-18/h3-6,12-15,22H,1,7-11,16H2,2H3/t22-/m1/s1. The number of rotatable bonds is 8. The summed E-state index contributed by atoms with van der Waals surface area (Å²) in [5.74, 6) is -1.10. The number of piperazine rings is 1. The number of methoxy groups -OCH3 is 1. The summed E-state index contributed by atoms with van der Waals surface area (Å²) in [4.78, 5) is 16.4. The van der Waals surface area contributed by atoms with Gasteiger partial charge in [-0.3, -0.25) is 9.69 Å². The number of nitrogens with zero attached hydrogens (tertiary/aromatic N) is 2. The highest BCUT2D eigenvalue weighted by Crippen LogP contribution is 2.24. The average molecular weight is 416 g/mol. The highest BCUT2D eigenvalue weighted by molar-refractivity contribution is 5.94. The molecule has 0 spiro atoms. The van der Waals surface area contributed by atoms with Crippen molar-refractivity contribution >= 4 is 5.91 Å². The van der Waals surface area contributed by atoms with Crippen LogP contribution in [0.15, 0.2) is 55.1 Å². The molecule has 3 rings (SSSR count). The molecule has 0 unspecified atom stereocenters. The molecule has 160 valence electrons. The van der Waals surface area contributed by atoms with Crippen molar-refractivity contribution in [3.63, 3.8) is 0 Å². The van der Waals surface area contributed by atoms with Crippen LogP contribution >= 0.6 is 0 Å². The molecule has 0 N–H and O–H groups in total. The summed E-state index contributed by atoms with van der Waals surface area (Å²) in [6, 6.07) is 10.7. The van der Waals surface area contributed by atoms with Crippen LogP contribution in [0.5, 0.6) is 5.75 Å². The van der Waals surface area contributed by atoms with Gasteiger partial charge in [0.15, 0.2) is 0 Å². The molecule has 0 aliphatic carbocycles. The van der Waals surface area contributed by atoms with E-state index in [2.05, 4.69) is 11.5 Å². The van der Waals surface area contributed by atoms with Crippen LogP contribution in [-0.4, -0.2) is 62.1 Å². The molecule has 2 aromatic rings. The first kappa shape index (κ1) is 21.9. The van der Waals surface area contributed by atoms with Gasteiger partial charge >= 0.3 is 0 Å². The largest absolute Gasteiger partial charge is 0.497 e. The lowest BCUT2D eigenvalue weighted by Crippen LogP contribution is -2.49. The summed E-state index contributed by atoms with van der Waals surface area (Å²) in [7, 11) is 1.62. The maximum absolute atomic E-state index is 13.4. The predicted octanol–water partition coefficient (Wildman–Crippen LogP) is 3.68. The molecule has 1 amide bonds. The van der Waals surface area contributed by atoms with Crippen molar-refractivity contribution in [2.24, 2.45) is 0 Å². The highest BCUT2D eigenvalue weighted by atomic mass is 19.1. The Bertz CT molecular complexity index is 862. The minimum absolute atomic E-state index is 0.0320. The minimum atomic E-state index is -0.752. The van der Waals surface area contributed by atoms with E-state index in [0.29, 0.717) is 39.3 Å². The van der Waals surface area contributed by atoms with Crippen molar-refractivity contribution in [3.8, 4) is 5.75 Å². The zero-order chi connectivity index (χ0) is 21.5. The average Bonchev–Trinajstić information content (AvgIpc) is 2.76. The van der Waals surface area contributed by atoms with Crippen LogP contribution < -0.4 is 4.74 Å². The second-order valence-electron chi connectivity index (χ2n) is 7.14. The van der Waals surface area contributed by atoms with Gasteiger partial charge in [0.25, 0.3) is 5.91 Å². The molecule has 0 aromatic heterocycles. The molecule has 0 bridgehead atoms. The van der Waals surface area contributed by atoms with Gasteiger partial charge in [0.1, 0.15) is 17.4 Å². The number of carbonyl (C=O) groups is 1. The molecule has 1 fully saturated rings. The number of ether oxygens (including phenoxy) is 2. The van der Waals surface area contributed by atoms with E-state index >= 15 is 0 Å². The maximum atomic E-state index is 13.4. The van der Waals surface area contributed by atoms with E-state index < -0.39 is 11.6 Å². The van der Waals surface area contributed by atoms with E-state index in [1.54, 1.807) is 18.1 Å². The van der Waals surface area contributed by atoms with Crippen molar-refractivity contribution in [1.29, 1.82) is 0 Å². The Morgan fingerprint density at radius 1 is 1.13 bits per heavy atom. The van der Waals surface area contributed by atoms with Gasteiger partial charge < -0.3 is 14.4 Å². The van der Waals surface area contributed by atoms with Crippen molar-refractivity contribution in [3.05, 3.63) is 77.9 Å². The van der Waals surface area contributed by atoms with E-state index in [0.717, 1.165) is 29.5 Å². The SMILES string of the molecule is C=CCO[C@H](CN1CCN(C(=O)c2cc(F)cc(F)c2)CC1)c1cccc(OC)c1. The van der Waals surface area contributed by atoms with Crippen molar-refractivity contribution in [1.82, 2.24) is 9.80 Å². The van der Waals surface area contributed by atoms with E-state index in [-0.39, 0.29) is 17.6 Å². The Labute approximate surface area is 175 Å². The van der Waals surface area contributed by atoms with Crippen LogP contribution in [-0.2, 0) is 4.74 Å². The lowest BCUT2D eigenvalue weighted by Gasteiger charge is -2.36. The zero-order valence-electron chi connectivity index (χ0n) is 17.0. The number of benzene rings is 2. The summed E-state index contributed by atoms with van der Waals surface area (Å²) in [6.07, 6.45) is 1.54. The lowest BCUT2D eigenvalue weighted by molar-refractivity contribution is 0.0244. The van der Waals surface area contributed by atoms with E-state index in [4.69, 9.17) is 9.47 Å². The maximum Gasteiger partial charge on any atom is 0.254 e. The monoisotopic (exact) mass is 416 g/mol. The number of amides is 1. The van der Waals surface area contributed by atoms with Gasteiger partial charge in [0.05, 0.1) is 19.8 Å². The summed E-state index contributed by atoms with van der Waals surface area (Å²) >= 11 is 0. The Hall–Kier alpha value is -2.77. The Kier molecular flexibility index (Phi) is 7.54. The van der Waals surface area contributed by atoms with E-state index in [9.17, 15) is 13.6 Å². The zero-order valence-corrected chi connectivity index (χ0v) is 17.0. The van der Waals surface area contributed by atoms with Crippen LogP contribution in [0.25, 0.3) is 0 Å². The first-order chi connectivity index (χ1) is 14.5. The fourth-order valence-corrected chi connectivity index (χ4v) is 3.51. The highest BCUT2D eigenvalue weighted by Gasteiger charge is 2.25. The number of halogens is 2. The molecule has 1 aliphatic heterocycles. The van der Waals surface area contributed by atoms with Gasteiger partial charge in [0, 0.05) is 44.4 Å². The molecule has 2 aromatic carbocycles. The summed E-state index contributed by atoms with van der Waals surface area (Å²) in [5, 5.41) is 0. The molecule has 1 saturated heterocycles. The van der Waals surface area contributed by atoms with Crippen molar-refractivity contribution in [2.45, 2.75) is 6.10 Å². The molecule has 1 aliphatic rings. The van der Waals surface area contributed by atoms with Gasteiger partial charge in [-0.1, -0.05) is 18.2 Å². The topological polar surface area (TPSA) is 42.0 Å². The molecule has 0 saturated carbocycles. The van der Waals surface area contributed by atoms with Gasteiger partial charge in [-0.15, -0.1) is 6.58 Å². The fourth-order valence-electron chi connectivity index (χ4n) is 3.51. The molecular formula is C23H26F2N2O3. The van der Waals surface area contributed by atoms with Crippen molar-refractivity contribution in [2.75, 3.05) is 46.4 Å². The predicted molar refractivity (Wildman–Crippen MR) is 111 cm³/mol. The number of hydrogen-bond acceptors (Lipinski definition) is 4. The van der Waals surface area contributed by atoms with E-state index in [1.165, 1.54) is 0 Å². The molecule has 5 nitrogen and oxygen atoms in total. The van der Waals surface area contributed by atoms with Crippen LogP contribution in [0.1, 0.15) is 22.0 Å². The second-order valence-corrected chi connectivity index (χ2v) is 7.14. The third kappa shape index (κ3) is 5.64. The third-order valence-corrected chi connectivity index (χ3v) is 5.07. The molecule has 1 heterocycles. The molecule has 1 atom stereocenters. The van der Waals surface area contributed by atoms with Gasteiger partial charge in [-0.05, 0) is 29.8 Å². The first-order valence-electron chi connectivity index (χ1n) is 9.84. The Balaban J connectivity index is 1.62. The molecule has 7 heteroatoms. The Morgan fingerprint density at radius 2 is 1.83 bits per heavy atom. The lowest BCUT2D eigenvalue weighted by atomic mass is 10.1. The summed E-state index contributed by atoms with van der Waals surface area (Å²) in [6.45, 7) is 7.02. The minimum Gasteiger partial charge on any atom is -0.497 e. The number of carbonyl (C=O) groups excluding carboxylic acids is 1. The van der Waals surface area contributed by atoms with Crippen LogP contribution in [0.2, 0.25) is 0 Å². The van der Waals surface area contributed by atoms with Gasteiger partial charge in [-0.25, -0.2) is 8.78 Å². The summed E-state index contributed by atoms with van der Waals surface area (Å²) < 4.78 is 38.1. The normalized spacial score (nSPS) is 15.6. The summed E-state index contributed by atoms with van der Waals surface area (Å²) in [5.41, 5.74) is 1.04. The second kappa shape index (κ2) is 10.3. The molecular weight excluding hydrogens is 390 g/mol. The van der Waals surface area contributed by atoms with E-state index in [1.807, 2.05) is 24.3 Å². The van der Waals surface area contributed by atoms with Crippen LogP contribution in [0, 0.1) is 11.6 Å². The quantitative estimate of drug-likeness (QED) is 0.616. The van der Waals surface area contributed by atoms with Gasteiger partial charge in [-0.2, -0.15) is 0 Å².